The number of furan rings is 3. The first-order valence-electron chi connectivity index (χ1n) is 29.4. The van der Waals surface area contributed by atoms with E-state index in [1.807, 2.05) is 125 Å². The van der Waals surface area contributed by atoms with Crippen molar-refractivity contribution in [1.82, 2.24) is 29.4 Å². The molecule has 12 aromatic heterocycles. The number of hydrogen-bond donors (Lipinski definition) is 1. The first-order valence-corrected chi connectivity index (χ1v) is 41.8. The van der Waals surface area contributed by atoms with E-state index in [4.69, 9.17) is 31.9 Å². The summed E-state index contributed by atoms with van der Waals surface area (Å²) in [5.41, 5.74) is 10.4. The molecule has 486 valence electrons. The Morgan fingerprint density at radius 1 is 0.511 bits per heavy atom. The summed E-state index contributed by atoms with van der Waals surface area (Å²) < 4.78 is 36.8. The van der Waals surface area contributed by atoms with Crippen LogP contribution in [0.2, 0.25) is 13.3 Å². The summed E-state index contributed by atoms with van der Waals surface area (Å²) in [5.74, 6) is 0. The van der Waals surface area contributed by atoms with E-state index in [0.29, 0.717) is 11.3 Å². The number of aromatic amines is 1. The van der Waals surface area contributed by atoms with Crippen molar-refractivity contribution in [2.75, 3.05) is 0 Å². The Morgan fingerprint density at radius 3 is 1.40 bits per heavy atom. The number of halogens is 1. The van der Waals surface area contributed by atoms with Gasteiger partial charge < -0.3 is 23.7 Å². The van der Waals surface area contributed by atoms with E-state index in [-0.39, 0.29) is 57.3 Å². The van der Waals surface area contributed by atoms with Crippen LogP contribution in [0.25, 0.3) is 87.4 Å². The van der Waals surface area contributed by atoms with Crippen molar-refractivity contribution >= 4 is 128 Å². The Morgan fingerprint density at radius 2 is 0.957 bits per heavy atom. The van der Waals surface area contributed by atoms with Gasteiger partial charge in [-0.3, -0.25) is 0 Å². The van der Waals surface area contributed by atoms with Gasteiger partial charge in [-0.05, 0) is 99.5 Å². The largest absolute Gasteiger partial charge is 1.00 e. The van der Waals surface area contributed by atoms with Gasteiger partial charge in [0.2, 0.25) is 0 Å². The molecule has 0 fully saturated rings. The minimum absolute atomic E-state index is 0. The van der Waals surface area contributed by atoms with Gasteiger partial charge in [-0.15, -0.1) is 32.1 Å². The number of aromatic nitrogens is 6. The van der Waals surface area contributed by atoms with E-state index in [9.17, 15) is 0 Å². The molecule has 0 spiro atoms. The maximum absolute atomic E-state index is 5.52. The predicted molar refractivity (Wildman–Crippen MR) is 394 cm³/mol. The number of unbranched alkanes of at least 4 members (excludes halogenated alkanes) is 3. The molecule has 0 saturated heterocycles. The Hall–Kier alpha value is -6.09. The van der Waals surface area contributed by atoms with Gasteiger partial charge in [0.25, 0.3) is 0 Å². The molecule has 0 aliphatic carbocycles. The van der Waals surface area contributed by atoms with Gasteiger partial charge >= 0.3 is 152 Å². The van der Waals surface area contributed by atoms with Crippen LogP contribution >= 0.6 is 74.0 Å². The molecule has 0 aliphatic rings. The van der Waals surface area contributed by atoms with Gasteiger partial charge in [-0.2, -0.15) is 0 Å². The molecule has 0 radical (unpaired) electrons. The van der Waals surface area contributed by atoms with Crippen LogP contribution < -0.4 is 42.4 Å². The quantitative estimate of drug-likeness (QED) is 0.0278. The molecule has 2 N–H and O–H groups in total. The van der Waals surface area contributed by atoms with Crippen LogP contribution in [0.3, 0.4) is 0 Å². The number of pyridine rings is 3. The standard InChI is InChI=1S/C21H14N2O3S2.C17H11BrN2O3S.C15H10N2OS.C4H3S.3C4H9.3CH4.Na.H2O.Sn/c1-2-5-17(6-3-1)28-26-25-23-13-19(15-8-9-24-14-15)18-11-16(12-22-21(18)23)20-7-4-10-27-20;18-13-8-15-16(12-6-7-21-11-12)10-20(17(15)19-9-13)22-23-24-14-4-2-1-3-5-14;1-2-14(19-5-1)11-6-12-13(10-3-4-18-9-10)8-17-15(12)16-7-11;1-2-4-5-3-1;3*1-3-4-2;;;;;;/h1-14H;1-11H;1-9H,(H,16,17);1-3H;3*1,3-4H2,2H3;3*1H4;;1H2;/q;;;;;;;;;;+1;;/p-1. The molecular weight excluding hydrogens is 1460 g/mol. The van der Waals surface area contributed by atoms with E-state index in [1.165, 1.54) is 52.9 Å². The molecule has 94 heavy (non-hydrogen) atoms. The zero-order chi connectivity index (χ0) is 61.0. The van der Waals surface area contributed by atoms with E-state index < -0.39 is 18.4 Å². The number of fused-ring (bicyclic) bond motifs is 3. The number of nitrogens with one attached hydrogen (secondary N) is 1. The molecule has 0 aliphatic heterocycles. The number of hydrogen-bond acceptors (Lipinski definition) is 16. The van der Waals surface area contributed by atoms with E-state index >= 15 is 0 Å². The minimum atomic E-state index is -2.01. The van der Waals surface area contributed by atoms with Crippen LogP contribution in [-0.4, -0.2) is 53.2 Å². The van der Waals surface area contributed by atoms with Gasteiger partial charge in [-0.25, -0.2) is 24.9 Å². The van der Waals surface area contributed by atoms with Gasteiger partial charge in [0.1, 0.15) is 5.65 Å². The second-order valence-corrected chi connectivity index (χ2v) is 40.3. The molecule has 12 heterocycles. The average Bonchev–Trinajstić information content (AvgIpc) is 1.68. The van der Waals surface area contributed by atoms with Crippen LogP contribution in [-0.2, 0) is 8.67 Å². The molecule has 14 rings (SSSR count). The van der Waals surface area contributed by atoms with Crippen molar-refractivity contribution in [2.24, 2.45) is 0 Å². The van der Waals surface area contributed by atoms with Crippen LogP contribution in [0, 0.1) is 0 Å². The van der Waals surface area contributed by atoms with Gasteiger partial charge in [0.15, 0.2) is 11.3 Å². The summed E-state index contributed by atoms with van der Waals surface area (Å²) in [6.45, 7) is 7.06. The fraction of sp³-hybridized carbons (Fsp3) is 0.208. The van der Waals surface area contributed by atoms with Crippen molar-refractivity contribution in [1.29, 1.82) is 0 Å². The number of thiophene rings is 3. The zero-order valence-electron chi connectivity index (χ0n) is 50.7. The topological polar surface area (TPSA) is 171 Å². The third kappa shape index (κ3) is 19.8. The van der Waals surface area contributed by atoms with Crippen molar-refractivity contribution < 1.29 is 66.9 Å². The monoisotopic (exact) mass is 1540 g/mol. The summed E-state index contributed by atoms with van der Waals surface area (Å²) in [6.07, 6.45) is 29.8. The number of rotatable bonds is 23. The van der Waals surface area contributed by atoms with Crippen LogP contribution in [0.5, 0.6) is 0 Å². The molecular formula is C72H78BrN6NaO8S5Sn. The molecule has 0 amide bonds. The molecule has 22 heteroatoms. The molecule has 0 unspecified atom stereocenters. The second kappa shape index (κ2) is 39.2. The van der Waals surface area contributed by atoms with Gasteiger partial charge in [0.05, 0.1) is 74.1 Å². The Kier molecular flexibility index (Phi) is 32.1. The van der Waals surface area contributed by atoms with Crippen molar-refractivity contribution in [3.8, 4) is 54.3 Å². The Balaban J connectivity index is 0.000000198. The zero-order valence-corrected chi connectivity index (χ0v) is 61.2. The number of benzene rings is 2. The van der Waals surface area contributed by atoms with Crippen molar-refractivity contribution in [3.05, 3.63) is 229 Å². The molecule has 14 aromatic rings. The second-order valence-electron chi connectivity index (χ2n) is 20.8. The van der Waals surface area contributed by atoms with Crippen LogP contribution in [0.4, 0.5) is 0 Å². The minimum Gasteiger partial charge on any atom is -0.870 e. The maximum Gasteiger partial charge on any atom is 1.00 e. The predicted octanol–water partition coefficient (Wildman–Crippen LogP) is 20.3. The van der Waals surface area contributed by atoms with Crippen LogP contribution in [0.15, 0.2) is 252 Å². The summed E-state index contributed by atoms with van der Waals surface area (Å²) >= 11 is 9.19. The maximum atomic E-state index is 5.52. The molecule has 0 bridgehead atoms. The first kappa shape index (κ1) is 76.9. The molecule has 14 nitrogen and oxygen atoms in total. The summed E-state index contributed by atoms with van der Waals surface area (Å²) in [5, 5.41) is 9.45. The molecule has 0 saturated carbocycles. The number of H-pyrrole nitrogens is 1. The third-order valence-electron chi connectivity index (χ3n) is 14.9. The molecule has 2 aromatic carbocycles. The third-order valence-corrected chi connectivity index (χ3v) is 37.6. The normalized spacial score (nSPS) is 10.7. The molecule has 0 atom stereocenters. The fourth-order valence-electron chi connectivity index (χ4n) is 10.4. The van der Waals surface area contributed by atoms with Crippen molar-refractivity contribution in [2.45, 2.75) is 105 Å². The fourth-order valence-corrected chi connectivity index (χ4v) is 32.8. The van der Waals surface area contributed by atoms with Crippen LogP contribution in [0.1, 0.15) is 81.6 Å². The van der Waals surface area contributed by atoms with E-state index in [1.54, 1.807) is 79.8 Å². The van der Waals surface area contributed by atoms with Gasteiger partial charge in [-0.1, -0.05) is 79.5 Å². The van der Waals surface area contributed by atoms with Crippen molar-refractivity contribution in [3.63, 3.8) is 0 Å². The Labute approximate surface area is 606 Å². The average molecular weight is 1540 g/mol. The summed E-state index contributed by atoms with van der Waals surface area (Å²) in [7, 11) is 0. The number of nitrogens with zero attached hydrogens (tertiary/aromatic N) is 5. The Bertz CT molecular complexity index is 4300. The van der Waals surface area contributed by atoms with E-state index in [0.717, 1.165) is 110 Å². The van der Waals surface area contributed by atoms with Gasteiger partial charge in [0, 0.05) is 109 Å². The smallest absolute Gasteiger partial charge is 0.870 e. The summed E-state index contributed by atoms with van der Waals surface area (Å²) in [4.78, 5) is 31.9. The summed E-state index contributed by atoms with van der Waals surface area (Å²) in [6, 6.07) is 44.5. The first-order chi connectivity index (χ1) is 43.9. The van der Waals surface area contributed by atoms with E-state index in [2.05, 4.69) is 127 Å². The SMILES string of the molecule is Brc1cnc2c(c1)c(-c1ccoc1)cn2OOSc1ccccc1.C.C.C.CCC[CH2][Sn]([CH2]CCC)([CH2]CCC)[c]1cccs1.[Na+].[OH-].c1ccc(SOOn2cc(-c3ccoc3)c3cc(-c4cccs4)cnc32)cc1.c1csc(-c2cnc3[nH]cc(-c4ccoc4)c3c2)c1.